The standard InChI is InChI=1S/C27H41ClN2O4/c1-24(2,3)34-23(32)30-13-11-29(12-14-30)22(31)21(19-9-8-10-20(28)15-19)27(33)17-25(4,5)16-26(6,7)18-27/h8-10,15,21,33H,11-14,16-18H2,1-7H3. The summed E-state index contributed by atoms with van der Waals surface area (Å²) in [5.41, 5.74) is -1.24. The van der Waals surface area contributed by atoms with Gasteiger partial charge in [0.15, 0.2) is 0 Å². The number of nitrogens with zero attached hydrogens (tertiary/aromatic N) is 2. The maximum Gasteiger partial charge on any atom is 0.410 e. The summed E-state index contributed by atoms with van der Waals surface area (Å²) in [5.74, 6) is -0.833. The van der Waals surface area contributed by atoms with E-state index in [9.17, 15) is 14.7 Å². The molecule has 1 aromatic rings. The van der Waals surface area contributed by atoms with Crippen LogP contribution in [0.4, 0.5) is 4.79 Å². The molecule has 34 heavy (non-hydrogen) atoms. The number of hydrogen-bond donors (Lipinski definition) is 1. The Bertz CT molecular complexity index is 897. The van der Waals surface area contributed by atoms with E-state index in [1.54, 1.807) is 21.9 Å². The van der Waals surface area contributed by atoms with Crippen LogP contribution in [0.3, 0.4) is 0 Å². The van der Waals surface area contributed by atoms with Gasteiger partial charge in [0.25, 0.3) is 0 Å². The van der Waals surface area contributed by atoms with Gasteiger partial charge in [-0.05, 0) is 68.6 Å². The zero-order chi connectivity index (χ0) is 25.5. The maximum absolute atomic E-state index is 14.0. The Balaban J connectivity index is 1.87. The largest absolute Gasteiger partial charge is 0.444 e. The summed E-state index contributed by atoms with van der Waals surface area (Å²) >= 11 is 6.32. The van der Waals surface area contributed by atoms with Crippen molar-refractivity contribution in [2.24, 2.45) is 10.8 Å². The third-order valence-electron chi connectivity index (χ3n) is 6.74. The Morgan fingerprint density at radius 2 is 1.50 bits per heavy atom. The summed E-state index contributed by atoms with van der Waals surface area (Å²) in [4.78, 5) is 29.9. The molecule has 7 heteroatoms. The van der Waals surface area contributed by atoms with Crippen molar-refractivity contribution in [3.8, 4) is 0 Å². The number of benzene rings is 1. The number of carbonyl (C=O) groups is 2. The number of aliphatic hydroxyl groups is 1. The van der Waals surface area contributed by atoms with Crippen molar-refractivity contribution in [1.29, 1.82) is 0 Å². The number of piperazine rings is 1. The van der Waals surface area contributed by atoms with E-state index < -0.39 is 17.1 Å². The predicted molar refractivity (Wildman–Crippen MR) is 135 cm³/mol. The second-order valence-electron chi connectivity index (χ2n) is 12.7. The van der Waals surface area contributed by atoms with E-state index in [4.69, 9.17) is 16.3 Å². The molecule has 0 bridgehead atoms. The van der Waals surface area contributed by atoms with Gasteiger partial charge in [-0.25, -0.2) is 4.79 Å². The number of carbonyl (C=O) groups excluding carboxylic acids is 2. The average molecular weight is 493 g/mol. The fourth-order valence-electron chi connectivity index (χ4n) is 6.33. The molecule has 2 amide bonds. The van der Waals surface area contributed by atoms with Crippen LogP contribution in [-0.2, 0) is 9.53 Å². The highest BCUT2D eigenvalue weighted by Gasteiger charge is 2.53. The van der Waals surface area contributed by atoms with Crippen LogP contribution in [0.5, 0.6) is 0 Å². The van der Waals surface area contributed by atoms with Crippen LogP contribution in [0.1, 0.15) is 79.2 Å². The van der Waals surface area contributed by atoms with Gasteiger partial charge in [-0.15, -0.1) is 0 Å². The Morgan fingerprint density at radius 3 is 2.00 bits per heavy atom. The van der Waals surface area contributed by atoms with E-state index in [2.05, 4.69) is 27.7 Å². The van der Waals surface area contributed by atoms with Gasteiger partial charge in [-0.3, -0.25) is 4.79 Å². The molecule has 6 nitrogen and oxygen atoms in total. The van der Waals surface area contributed by atoms with Crippen molar-refractivity contribution in [2.75, 3.05) is 26.2 Å². The van der Waals surface area contributed by atoms with Gasteiger partial charge in [-0.2, -0.15) is 0 Å². The quantitative estimate of drug-likeness (QED) is 0.607. The molecule has 0 aromatic heterocycles. The molecule has 1 heterocycles. The van der Waals surface area contributed by atoms with Gasteiger partial charge in [0.05, 0.1) is 11.5 Å². The van der Waals surface area contributed by atoms with Crippen molar-refractivity contribution in [3.05, 3.63) is 34.9 Å². The zero-order valence-electron chi connectivity index (χ0n) is 21.8. The lowest BCUT2D eigenvalue weighted by Crippen LogP contribution is -2.57. The smallest absolute Gasteiger partial charge is 0.410 e. The molecule has 1 N–H and O–H groups in total. The van der Waals surface area contributed by atoms with Gasteiger partial charge in [-0.1, -0.05) is 51.4 Å². The fourth-order valence-corrected chi connectivity index (χ4v) is 6.53. The maximum atomic E-state index is 14.0. The molecule has 0 spiro atoms. The molecular formula is C27H41ClN2O4. The topological polar surface area (TPSA) is 70.1 Å². The second kappa shape index (κ2) is 9.34. The van der Waals surface area contributed by atoms with Crippen molar-refractivity contribution in [2.45, 2.75) is 84.8 Å². The van der Waals surface area contributed by atoms with Crippen LogP contribution >= 0.6 is 11.6 Å². The molecule has 1 aliphatic heterocycles. The summed E-state index contributed by atoms with van der Waals surface area (Å²) < 4.78 is 5.49. The monoisotopic (exact) mass is 492 g/mol. The normalized spacial score (nSPS) is 22.7. The van der Waals surface area contributed by atoms with E-state index in [1.807, 2.05) is 32.9 Å². The zero-order valence-corrected chi connectivity index (χ0v) is 22.5. The van der Waals surface area contributed by atoms with Crippen molar-refractivity contribution in [3.63, 3.8) is 0 Å². The van der Waals surface area contributed by atoms with Gasteiger partial charge < -0.3 is 19.6 Å². The van der Waals surface area contributed by atoms with Gasteiger partial charge in [0.2, 0.25) is 5.91 Å². The number of amides is 2. The Kier molecular flexibility index (Phi) is 7.37. The lowest BCUT2D eigenvalue weighted by atomic mass is 9.56. The summed E-state index contributed by atoms with van der Waals surface area (Å²) in [7, 11) is 0. The first-order valence-corrected chi connectivity index (χ1v) is 12.6. The summed E-state index contributed by atoms with van der Waals surface area (Å²) in [6.45, 7) is 15.8. The molecule has 1 unspecified atom stereocenters. The molecule has 0 radical (unpaired) electrons. The minimum atomic E-state index is -1.20. The van der Waals surface area contributed by atoms with E-state index in [0.29, 0.717) is 44.0 Å². The highest BCUT2D eigenvalue weighted by atomic mass is 35.5. The first-order valence-electron chi connectivity index (χ1n) is 12.2. The van der Waals surface area contributed by atoms with Crippen LogP contribution in [-0.4, -0.2) is 64.3 Å². The van der Waals surface area contributed by atoms with Crippen molar-refractivity contribution < 1.29 is 19.4 Å². The molecule has 1 aliphatic carbocycles. The third kappa shape index (κ3) is 6.45. The van der Waals surface area contributed by atoms with Gasteiger partial charge in [0.1, 0.15) is 5.60 Å². The molecular weight excluding hydrogens is 452 g/mol. The lowest BCUT2D eigenvalue weighted by molar-refractivity contribution is -0.151. The second-order valence-corrected chi connectivity index (χ2v) is 13.2. The van der Waals surface area contributed by atoms with Crippen molar-refractivity contribution in [1.82, 2.24) is 9.80 Å². The van der Waals surface area contributed by atoms with E-state index >= 15 is 0 Å². The fraction of sp³-hybridized carbons (Fsp3) is 0.704. The number of rotatable bonds is 3. The van der Waals surface area contributed by atoms with E-state index in [-0.39, 0.29) is 22.8 Å². The number of ether oxygens (including phenoxy) is 1. The molecule has 3 rings (SSSR count). The molecule has 1 saturated heterocycles. The molecule has 190 valence electrons. The molecule has 1 atom stereocenters. The SMILES string of the molecule is CC1(C)CC(C)(C)CC(O)(C(C(=O)N2CCN(C(=O)OC(C)(C)C)CC2)c2cccc(Cl)c2)C1. The summed E-state index contributed by atoms with van der Waals surface area (Å²) in [6, 6.07) is 7.30. The van der Waals surface area contributed by atoms with Gasteiger partial charge in [0, 0.05) is 31.2 Å². The number of hydrogen-bond acceptors (Lipinski definition) is 4. The molecule has 1 saturated carbocycles. The average Bonchev–Trinajstić information content (AvgIpc) is 2.63. The predicted octanol–water partition coefficient (Wildman–Crippen LogP) is 5.47. The summed E-state index contributed by atoms with van der Waals surface area (Å²) in [6.07, 6.45) is 1.68. The minimum absolute atomic E-state index is 0.108. The third-order valence-corrected chi connectivity index (χ3v) is 6.97. The van der Waals surface area contributed by atoms with Crippen LogP contribution in [0, 0.1) is 10.8 Å². The highest BCUT2D eigenvalue weighted by Crippen LogP contribution is 2.54. The summed E-state index contributed by atoms with van der Waals surface area (Å²) in [5, 5.41) is 12.7. The molecule has 1 aromatic carbocycles. The first kappa shape index (κ1) is 26.8. The lowest BCUT2D eigenvalue weighted by Gasteiger charge is -2.52. The Morgan fingerprint density at radius 1 is 0.971 bits per heavy atom. The highest BCUT2D eigenvalue weighted by molar-refractivity contribution is 6.30. The first-order chi connectivity index (χ1) is 15.5. The number of halogens is 1. The van der Waals surface area contributed by atoms with Crippen LogP contribution in [0.2, 0.25) is 5.02 Å². The Labute approximate surface area is 209 Å². The van der Waals surface area contributed by atoms with E-state index in [0.717, 1.165) is 12.0 Å². The van der Waals surface area contributed by atoms with E-state index in [1.165, 1.54) is 0 Å². The molecule has 2 fully saturated rings. The van der Waals surface area contributed by atoms with Crippen LogP contribution in [0.25, 0.3) is 0 Å². The van der Waals surface area contributed by atoms with Crippen LogP contribution in [0.15, 0.2) is 24.3 Å². The molecule has 2 aliphatic rings. The van der Waals surface area contributed by atoms with Gasteiger partial charge >= 0.3 is 6.09 Å². The van der Waals surface area contributed by atoms with Crippen molar-refractivity contribution >= 4 is 23.6 Å². The Hall–Kier alpha value is -1.79. The van der Waals surface area contributed by atoms with Crippen LogP contribution < -0.4 is 0 Å². The minimum Gasteiger partial charge on any atom is -0.444 e.